The predicted molar refractivity (Wildman–Crippen MR) is 194 cm³/mol. The lowest BCUT2D eigenvalue weighted by atomic mass is 9.96. The van der Waals surface area contributed by atoms with Crippen LogP contribution >= 0.6 is 0 Å². The second kappa shape index (κ2) is 14.3. The van der Waals surface area contributed by atoms with Crippen molar-refractivity contribution in [2.75, 3.05) is 0 Å². The molecule has 0 fully saturated rings. The van der Waals surface area contributed by atoms with Crippen molar-refractivity contribution in [1.82, 2.24) is 0 Å². The molecule has 0 amide bonds. The van der Waals surface area contributed by atoms with Gasteiger partial charge in [0.05, 0.1) is 0 Å². The van der Waals surface area contributed by atoms with E-state index < -0.39 is 23.9 Å². The first-order valence-corrected chi connectivity index (χ1v) is 15.5. The van der Waals surface area contributed by atoms with Crippen LogP contribution in [0.15, 0.2) is 134 Å². The smallest absolute Gasteiger partial charge is 0.338 e. The molecule has 0 atom stereocenters. The lowest BCUT2D eigenvalue weighted by molar-refractivity contribution is -0.132. The van der Waals surface area contributed by atoms with E-state index in [9.17, 15) is 19.2 Å². The minimum Gasteiger partial charge on any atom is -0.419 e. The van der Waals surface area contributed by atoms with Gasteiger partial charge in [-0.15, -0.1) is 0 Å². The van der Waals surface area contributed by atoms with Gasteiger partial charge in [0.1, 0.15) is 0 Å². The van der Waals surface area contributed by atoms with Crippen LogP contribution in [0.2, 0.25) is 0 Å². The summed E-state index contributed by atoms with van der Waals surface area (Å²) in [6, 6.07) is 26.1. The van der Waals surface area contributed by atoms with Crippen LogP contribution in [-0.2, 0) is 19.2 Å². The minimum absolute atomic E-state index is 0.0794. The molecule has 0 aromatic heterocycles. The first kappa shape index (κ1) is 34.8. The van der Waals surface area contributed by atoms with E-state index in [0.29, 0.717) is 0 Å². The molecule has 5 rings (SSSR count). The van der Waals surface area contributed by atoms with Crippen molar-refractivity contribution in [1.29, 1.82) is 0 Å². The normalized spacial score (nSPS) is 10.6. The summed E-state index contributed by atoms with van der Waals surface area (Å²) in [5.74, 6) is -2.25. The molecule has 0 aliphatic rings. The van der Waals surface area contributed by atoms with E-state index in [-0.39, 0.29) is 45.3 Å². The van der Waals surface area contributed by atoms with Gasteiger partial charge in [-0.1, -0.05) is 62.7 Å². The van der Waals surface area contributed by atoms with E-state index in [1.807, 2.05) is 36.4 Å². The van der Waals surface area contributed by atoms with Crippen LogP contribution in [-0.4, -0.2) is 23.9 Å². The number of ether oxygens (including phenoxy) is 4. The van der Waals surface area contributed by atoms with Gasteiger partial charge in [0.25, 0.3) is 0 Å². The van der Waals surface area contributed by atoms with Gasteiger partial charge in [-0.2, -0.15) is 0 Å². The van der Waals surface area contributed by atoms with Crippen LogP contribution in [0.4, 0.5) is 0 Å². The Morgan fingerprint density at radius 3 is 0.960 bits per heavy atom. The molecule has 0 aliphatic heterocycles. The molecule has 0 N–H and O–H groups in total. The molecule has 0 saturated heterocycles. The second-order valence-corrected chi connectivity index (χ2v) is 12.0. The highest BCUT2D eigenvalue weighted by Crippen LogP contribution is 2.37. The van der Waals surface area contributed by atoms with E-state index in [1.165, 1.54) is 27.7 Å². The molecular weight excluding hydrogens is 632 g/mol. The van der Waals surface area contributed by atoms with Crippen molar-refractivity contribution in [3.8, 4) is 45.3 Å². The fraction of sp³-hybridized carbons (Fsp3) is 0.0952. The van der Waals surface area contributed by atoms with Crippen molar-refractivity contribution in [3.05, 3.63) is 134 Å². The van der Waals surface area contributed by atoms with E-state index in [1.54, 1.807) is 36.4 Å². The van der Waals surface area contributed by atoms with E-state index in [2.05, 4.69) is 38.4 Å². The quantitative estimate of drug-likeness (QED) is 0.0629. The van der Waals surface area contributed by atoms with Crippen molar-refractivity contribution in [2.45, 2.75) is 27.7 Å². The Bertz CT molecular complexity index is 2140. The standard InChI is InChI=1S/C42H34O8/c1-23(2)39(43)47-35-15-13-31(21-37(35)49-41(45)25(5)6)27-9-11-29-20-34-18-28(10-12-30(34)19-33(29)17-27)32-14-16-36(48-40(44)24(3)4)38(22-32)50-42(46)26(7)8/h9-22H,1,3,5,7H2,2,4,6,8H3. The maximum Gasteiger partial charge on any atom is 0.338 e. The number of benzene rings is 5. The molecule has 0 aliphatic carbocycles. The third-order valence-corrected chi connectivity index (χ3v) is 7.55. The number of carbonyl (C=O) groups excluding carboxylic acids is 4. The molecule has 0 heterocycles. The number of esters is 4. The SMILES string of the molecule is C=C(C)C(=O)Oc1ccc(-c2ccc3cc4cc(-c5ccc(OC(=O)C(=C)C)c(OC(=O)C(=C)C)c5)ccc4cc3c2)cc1OC(=O)C(=C)C. The highest BCUT2D eigenvalue weighted by molar-refractivity contribution is 6.01. The molecule has 8 heteroatoms. The summed E-state index contributed by atoms with van der Waals surface area (Å²) in [7, 11) is 0. The van der Waals surface area contributed by atoms with E-state index in [4.69, 9.17) is 18.9 Å². The summed E-state index contributed by atoms with van der Waals surface area (Å²) in [6.07, 6.45) is 0. The number of hydrogen-bond acceptors (Lipinski definition) is 8. The third-order valence-electron chi connectivity index (χ3n) is 7.55. The second-order valence-electron chi connectivity index (χ2n) is 12.0. The molecule has 0 radical (unpaired) electrons. The Morgan fingerprint density at radius 1 is 0.360 bits per heavy atom. The fourth-order valence-electron chi connectivity index (χ4n) is 4.81. The summed E-state index contributed by atoms with van der Waals surface area (Å²) in [5, 5.41) is 3.91. The van der Waals surface area contributed by atoms with Gasteiger partial charge in [-0.3, -0.25) is 0 Å². The highest BCUT2D eigenvalue weighted by atomic mass is 16.6. The van der Waals surface area contributed by atoms with Gasteiger partial charge < -0.3 is 18.9 Å². The molecule has 8 nitrogen and oxygen atoms in total. The zero-order chi connectivity index (χ0) is 36.3. The maximum absolute atomic E-state index is 12.4. The monoisotopic (exact) mass is 666 g/mol. The zero-order valence-electron chi connectivity index (χ0n) is 28.2. The summed E-state index contributed by atoms with van der Waals surface area (Å²) in [4.78, 5) is 49.2. The van der Waals surface area contributed by atoms with Crippen LogP contribution in [0.5, 0.6) is 23.0 Å². The number of rotatable bonds is 10. The van der Waals surface area contributed by atoms with Crippen molar-refractivity contribution >= 4 is 45.4 Å². The topological polar surface area (TPSA) is 105 Å². The first-order chi connectivity index (χ1) is 23.7. The Balaban J connectivity index is 1.50. The summed E-state index contributed by atoms with van der Waals surface area (Å²) in [6.45, 7) is 20.6. The molecule has 50 heavy (non-hydrogen) atoms. The molecule has 5 aromatic carbocycles. The van der Waals surface area contributed by atoms with E-state index >= 15 is 0 Å². The van der Waals surface area contributed by atoms with Gasteiger partial charge in [0.15, 0.2) is 23.0 Å². The van der Waals surface area contributed by atoms with Crippen molar-refractivity contribution in [3.63, 3.8) is 0 Å². The Hall–Kier alpha value is -6.54. The summed E-state index contributed by atoms with van der Waals surface area (Å²) in [5.41, 5.74) is 3.97. The number of hydrogen-bond donors (Lipinski definition) is 0. The number of carbonyl (C=O) groups is 4. The van der Waals surface area contributed by atoms with Gasteiger partial charge in [-0.05, 0) is 120 Å². The Kier molecular flexibility index (Phi) is 9.94. The average molecular weight is 667 g/mol. The summed E-state index contributed by atoms with van der Waals surface area (Å²) < 4.78 is 21.8. The lowest BCUT2D eigenvalue weighted by Gasteiger charge is -2.14. The minimum atomic E-state index is -0.648. The largest absolute Gasteiger partial charge is 0.419 e. The van der Waals surface area contributed by atoms with Crippen LogP contribution in [0.3, 0.4) is 0 Å². The zero-order valence-corrected chi connectivity index (χ0v) is 28.2. The molecule has 250 valence electrons. The summed E-state index contributed by atoms with van der Waals surface area (Å²) >= 11 is 0. The van der Waals surface area contributed by atoms with Crippen LogP contribution < -0.4 is 18.9 Å². The van der Waals surface area contributed by atoms with Gasteiger partial charge >= 0.3 is 23.9 Å². The Labute approximate surface area is 289 Å². The first-order valence-electron chi connectivity index (χ1n) is 15.5. The molecule has 5 aromatic rings. The van der Waals surface area contributed by atoms with Crippen molar-refractivity contribution in [2.24, 2.45) is 0 Å². The number of fused-ring (bicyclic) bond motifs is 2. The van der Waals surface area contributed by atoms with Gasteiger partial charge in [0.2, 0.25) is 0 Å². The molecule has 0 bridgehead atoms. The van der Waals surface area contributed by atoms with Gasteiger partial charge in [-0.25, -0.2) is 19.2 Å². The molecule has 0 saturated carbocycles. The van der Waals surface area contributed by atoms with Crippen LogP contribution in [0, 0.1) is 0 Å². The van der Waals surface area contributed by atoms with Crippen LogP contribution in [0.1, 0.15) is 27.7 Å². The van der Waals surface area contributed by atoms with Crippen LogP contribution in [0.25, 0.3) is 43.8 Å². The molecule has 0 spiro atoms. The third kappa shape index (κ3) is 7.77. The average Bonchev–Trinajstić information content (AvgIpc) is 3.07. The highest BCUT2D eigenvalue weighted by Gasteiger charge is 2.18. The Morgan fingerprint density at radius 2 is 0.640 bits per heavy atom. The predicted octanol–water partition coefficient (Wildman–Crippen LogP) is 9.25. The fourth-order valence-corrected chi connectivity index (χ4v) is 4.81. The van der Waals surface area contributed by atoms with Crippen molar-refractivity contribution < 1.29 is 38.1 Å². The maximum atomic E-state index is 12.4. The molecular formula is C42H34O8. The van der Waals surface area contributed by atoms with E-state index in [0.717, 1.165) is 43.8 Å². The van der Waals surface area contributed by atoms with Gasteiger partial charge in [0, 0.05) is 22.3 Å². The lowest BCUT2D eigenvalue weighted by Crippen LogP contribution is -2.12. The molecule has 0 unspecified atom stereocenters.